The van der Waals surface area contributed by atoms with Crippen LogP contribution >= 0.6 is 25.1 Å². The summed E-state index contributed by atoms with van der Waals surface area (Å²) in [5.74, 6) is -0.103. The number of nitrogens with zero attached hydrogens (tertiary/aromatic N) is 1. The fourth-order valence-electron chi connectivity index (χ4n) is 3.95. The zero-order valence-electron chi connectivity index (χ0n) is 16.8. The molecule has 0 spiro atoms. The van der Waals surface area contributed by atoms with Gasteiger partial charge in [0.1, 0.15) is 12.4 Å². The summed E-state index contributed by atoms with van der Waals surface area (Å²) in [7, 11) is 0. The zero-order chi connectivity index (χ0) is 21.1. The van der Waals surface area contributed by atoms with E-state index >= 15 is 0 Å². The van der Waals surface area contributed by atoms with Crippen LogP contribution in [0.2, 0.25) is 5.02 Å². The Morgan fingerprint density at radius 1 is 1.10 bits per heavy atom. The number of amides is 2. The molecule has 31 heavy (non-hydrogen) atoms. The van der Waals surface area contributed by atoms with Gasteiger partial charge in [0.2, 0.25) is 5.91 Å². The molecular weight excluding hydrogens is 440 g/mol. The molecule has 0 bridgehead atoms. The molecule has 2 aliphatic heterocycles. The lowest BCUT2D eigenvalue weighted by molar-refractivity contribution is -0.142. The summed E-state index contributed by atoms with van der Waals surface area (Å²) >= 11 is 6.05. The quantitative estimate of drug-likeness (QED) is 0.536. The van der Waals surface area contributed by atoms with Crippen molar-refractivity contribution in [1.29, 1.82) is 0 Å². The van der Waals surface area contributed by atoms with E-state index in [-0.39, 0.29) is 43.5 Å². The standard InChI is InChI=1S/C22H23ClN2O5.H2S/c23-18-5-3-14(4-6-18)19-13-30-20-11-16(21(26)24-28)1-2-17(20)12-25(19)22(27)15-7-9-29-10-8-15;/h1-6,11,15,19,28H,7-10,12-13H2,(H,24,26);1H2/t19-;/m1./s1. The third kappa shape index (κ3) is 5.15. The number of rotatable bonds is 3. The van der Waals surface area contributed by atoms with Crippen LogP contribution in [0.1, 0.15) is 40.4 Å². The van der Waals surface area contributed by atoms with Gasteiger partial charge in [-0.3, -0.25) is 14.8 Å². The molecule has 2 aliphatic rings. The van der Waals surface area contributed by atoms with Crippen LogP contribution in [-0.4, -0.2) is 41.7 Å². The number of ether oxygens (including phenoxy) is 2. The van der Waals surface area contributed by atoms with Crippen LogP contribution in [0.3, 0.4) is 0 Å². The maximum absolute atomic E-state index is 13.5. The fraction of sp³-hybridized carbons (Fsp3) is 0.364. The summed E-state index contributed by atoms with van der Waals surface area (Å²) in [6, 6.07) is 12.1. The number of carbonyl (C=O) groups excluding carboxylic acids is 2. The average molecular weight is 465 g/mol. The van der Waals surface area contributed by atoms with E-state index in [0.717, 1.165) is 11.1 Å². The molecule has 0 saturated carbocycles. The molecule has 2 heterocycles. The Kier molecular flexibility index (Phi) is 7.83. The predicted octanol–water partition coefficient (Wildman–Crippen LogP) is 3.46. The molecule has 2 N–H and O–H groups in total. The van der Waals surface area contributed by atoms with Crippen molar-refractivity contribution in [2.45, 2.75) is 25.4 Å². The molecule has 7 nitrogen and oxygen atoms in total. The minimum atomic E-state index is -0.616. The van der Waals surface area contributed by atoms with Crippen LogP contribution in [-0.2, 0) is 16.1 Å². The van der Waals surface area contributed by atoms with Gasteiger partial charge >= 0.3 is 0 Å². The monoisotopic (exact) mass is 464 g/mol. The van der Waals surface area contributed by atoms with Crippen LogP contribution in [0.4, 0.5) is 0 Å². The van der Waals surface area contributed by atoms with Gasteiger partial charge in [0.25, 0.3) is 5.91 Å². The van der Waals surface area contributed by atoms with Gasteiger partial charge in [-0.05, 0) is 42.7 Å². The Labute approximate surface area is 192 Å². The van der Waals surface area contributed by atoms with Gasteiger partial charge in [-0.25, -0.2) is 5.48 Å². The molecular formula is C22H25ClN2O5S. The van der Waals surface area contributed by atoms with Crippen LogP contribution in [0.5, 0.6) is 5.75 Å². The summed E-state index contributed by atoms with van der Waals surface area (Å²) in [4.78, 5) is 27.1. The minimum absolute atomic E-state index is 0. The molecule has 2 amide bonds. The second kappa shape index (κ2) is 10.4. The smallest absolute Gasteiger partial charge is 0.274 e. The maximum atomic E-state index is 13.5. The molecule has 2 aromatic carbocycles. The predicted molar refractivity (Wildman–Crippen MR) is 120 cm³/mol. The van der Waals surface area contributed by atoms with Crippen LogP contribution < -0.4 is 10.2 Å². The van der Waals surface area contributed by atoms with E-state index in [2.05, 4.69) is 0 Å². The minimum Gasteiger partial charge on any atom is -0.491 e. The molecule has 166 valence electrons. The molecule has 4 rings (SSSR count). The zero-order valence-corrected chi connectivity index (χ0v) is 18.6. The lowest BCUT2D eigenvalue weighted by atomic mass is 9.96. The first kappa shape index (κ1) is 23.4. The molecule has 0 aliphatic carbocycles. The van der Waals surface area contributed by atoms with Crippen LogP contribution in [0.15, 0.2) is 42.5 Å². The van der Waals surface area contributed by atoms with E-state index < -0.39 is 5.91 Å². The number of hydroxylamine groups is 1. The Morgan fingerprint density at radius 2 is 1.81 bits per heavy atom. The summed E-state index contributed by atoms with van der Waals surface area (Å²) in [6.07, 6.45) is 1.40. The van der Waals surface area contributed by atoms with Crippen molar-refractivity contribution in [3.05, 3.63) is 64.2 Å². The molecule has 1 fully saturated rings. The topological polar surface area (TPSA) is 88.1 Å². The Balaban J connectivity index is 0.00000272. The third-order valence-corrected chi connectivity index (χ3v) is 5.90. The van der Waals surface area contributed by atoms with Crippen molar-refractivity contribution in [2.24, 2.45) is 5.92 Å². The molecule has 2 aromatic rings. The van der Waals surface area contributed by atoms with Gasteiger partial charge in [0.05, 0.1) is 12.6 Å². The lowest BCUT2D eigenvalue weighted by Gasteiger charge is -2.34. The van der Waals surface area contributed by atoms with Gasteiger partial charge in [-0.15, -0.1) is 0 Å². The number of hydrogen-bond acceptors (Lipinski definition) is 5. The normalized spacial score (nSPS) is 18.8. The first-order chi connectivity index (χ1) is 14.6. The molecule has 1 saturated heterocycles. The number of carbonyl (C=O) groups is 2. The fourth-order valence-corrected chi connectivity index (χ4v) is 4.08. The van der Waals surface area contributed by atoms with Gasteiger partial charge in [-0.2, -0.15) is 13.5 Å². The van der Waals surface area contributed by atoms with Crippen LogP contribution in [0.25, 0.3) is 0 Å². The lowest BCUT2D eigenvalue weighted by Crippen LogP contribution is -2.41. The second-order valence-corrected chi connectivity index (χ2v) is 7.93. The van der Waals surface area contributed by atoms with E-state index in [1.807, 2.05) is 17.0 Å². The first-order valence-electron chi connectivity index (χ1n) is 9.90. The summed E-state index contributed by atoms with van der Waals surface area (Å²) < 4.78 is 11.5. The SMILES string of the molecule is O=C(NO)c1ccc2c(c1)OC[C@H](c1ccc(Cl)cc1)N(C(=O)C1CCOCC1)C2.S. The number of benzene rings is 2. The number of hydrogen-bond donors (Lipinski definition) is 2. The van der Waals surface area contributed by atoms with Gasteiger partial charge in [0.15, 0.2) is 0 Å². The second-order valence-electron chi connectivity index (χ2n) is 7.49. The van der Waals surface area contributed by atoms with Gasteiger partial charge in [0, 0.05) is 35.3 Å². The average Bonchev–Trinajstić information content (AvgIpc) is 2.98. The van der Waals surface area contributed by atoms with E-state index in [1.54, 1.807) is 35.8 Å². The van der Waals surface area contributed by atoms with Crippen molar-refractivity contribution >= 4 is 36.9 Å². The Hall–Kier alpha value is -2.26. The molecule has 9 heteroatoms. The van der Waals surface area contributed by atoms with E-state index in [4.69, 9.17) is 26.3 Å². The number of halogens is 1. The summed E-state index contributed by atoms with van der Waals surface area (Å²) in [6.45, 7) is 1.78. The van der Waals surface area contributed by atoms with Crippen molar-refractivity contribution in [2.75, 3.05) is 19.8 Å². The van der Waals surface area contributed by atoms with E-state index in [9.17, 15) is 9.59 Å². The van der Waals surface area contributed by atoms with Crippen molar-refractivity contribution in [3.63, 3.8) is 0 Å². The van der Waals surface area contributed by atoms with E-state index in [1.165, 1.54) is 0 Å². The largest absolute Gasteiger partial charge is 0.491 e. The van der Waals surface area contributed by atoms with Crippen molar-refractivity contribution in [1.82, 2.24) is 10.4 Å². The highest BCUT2D eigenvalue weighted by Gasteiger charge is 2.34. The van der Waals surface area contributed by atoms with Gasteiger partial charge in [-0.1, -0.05) is 29.8 Å². The Morgan fingerprint density at radius 3 is 2.48 bits per heavy atom. The highest BCUT2D eigenvalue weighted by atomic mass is 35.5. The molecule has 0 aromatic heterocycles. The third-order valence-electron chi connectivity index (χ3n) is 5.65. The molecule has 0 unspecified atom stereocenters. The summed E-state index contributed by atoms with van der Waals surface area (Å²) in [5.41, 5.74) is 3.65. The molecule has 0 radical (unpaired) electrons. The maximum Gasteiger partial charge on any atom is 0.274 e. The summed E-state index contributed by atoms with van der Waals surface area (Å²) in [5, 5.41) is 9.53. The van der Waals surface area contributed by atoms with Crippen molar-refractivity contribution in [3.8, 4) is 5.75 Å². The first-order valence-corrected chi connectivity index (χ1v) is 10.3. The van der Waals surface area contributed by atoms with Gasteiger partial charge < -0.3 is 14.4 Å². The number of nitrogens with one attached hydrogen (secondary N) is 1. The Bertz CT molecular complexity index is 934. The highest BCUT2D eigenvalue weighted by Crippen LogP contribution is 2.35. The number of fused-ring (bicyclic) bond motifs is 1. The van der Waals surface area contributed by atoms with E-state index in [0.29, 0.717) is 43.4 Å². The molecule has 1 atom stereocenters. The highest BCUT2D eigenvalue weighted by molar-refractivity contribution is 7.59. The van der Waals surface area contributed by atoms with Crippen molar-refractivity contribution < 1.29 is 24.3 Å². The van der Waals surface area contributed by atoms with Crippen LogP contribution in [0, 0.1) is 5.92 Å².